The van der Waals surface area contributed by atoms with Crippen LogP contribution in [0.25, 0.3) is 0 Å². The van der Waals surface area contributed by atoms with E-state index in [9.17, 15) is 24.1 Å². The molecule has 0 bridgehead atoms. The van der Waals surface area contributed by atoms with Crippen molar-refractivity contribution in [1.29, 1.82) is 0 Å². The highest BCUT2D eigenvalue weighted by Crippen LogP contribution is 2.47. The van der Waals surface area contributed by atoms with Gasteiger partial charge in [-0.15, -0.1) is 0 Å². The number of ether oxygens (including phenoxy) is 2. The molecule has 2 atom stereocenters. The van der Waals surface area contributed by atoms with E-state index in [1.165, 1.54) is 38.3 Å². The molecular weight excluding hydrogens is 437 g/mol. The van der Waals surface area contributed by atoms with Gasteiger partial charge < -0.3 is 19.1 Å². The lowest BCUT2D eigenvalue weighted by Crippen LogP contribution is -2.36. The molecule has 10 heteroatoms. The summed E-state index contributed by atoms with van der Waals surface area (Å²) < 4.78 is 29.3. The highest BCUT2D eigenvalue weighted by atomic mass is 31.2. The van der Waals surface area contributed by atoms with Gasteiger partial charge >= 0.3 is 13.5 Å². The summed E-state index contributed by atoms with van der Waals surface area (Å²) in [4.78, 5) is 38.3. The lowest BCUT2D eigenvalue weighted by molar-refractivity contribution is -0.149. The number of rotatable bonds is 8. The van der Waals surface area contributed by atoms with Crippen molar-refractivity contribution < 1.29 is 38.1 Å². The standard InChI is InChI=1S/C22H24NO8P/c1-12(2)30-22(27)13(3)23-32(28,11-29-4)31-17-10-9-16(24)18-19(17)21(26)15-8-6-5-7-14(15)20(18)25/h5-10,12-13,24H,11H2,1-4H3,(H,23,28)/t13-,32?/m0/s1. The van der Waals surface area contributed by atoms with Gasteiger partial charge in [-0.1, -0.05) is 24.3 Å². The third-order valence-corrected chi connectivity index (χ3v) is 6.53. The van der Waals surface area contributed by atoms with Gasteiger partial charge in [0.1, 0.15) is 23.9 Å². The molecule has 9 nitrogen and oxygen atoms in total. The molecule has 0 fully saturated rings. The van der Waals surface area contributed by atoms with E-state index in [1.807, 2.05) is 0 Å². The Labute approximate surface area is 185 Å². The molecule has 0 amide bonds. The molecule has 32 heavy (non-hydrogen) atoms. The van der Waals surface area contributed by atoms with Crippen LogP contribution in [0.1, 0.15) is 52.6 Å². The van der Waals surface area contributed by atoms with E-state index in [0.717, 1.165) is 0 Å². The Bertz CT molecular complexity index is 1130. The first-order valence-corrected chi connectivity index (χ1v) is 11.7. The smallest absolute Gasteiger partial charge is 0.342 e. The Morgan fingerprint density at radius 2 is 1.62 bits per heavy atom. The van der Waals surface area contributed by atoms with Gasteiger partial charge in [0.2, 0.25) is 0 Å². The molecule has 3 rings (SSSR count). The van der Waals surface area contributed by atoms with Gasteiger partial charge in [-0.2, -0.15) is 0 Å². The maximum atomic E-state index is 13.5. The Morgan fingerprint density at radius 1 is 1.03 bits per heavy atom. The molecule has 0 heterocycles. The number of methoxy groups -OCH3 is 1. The molecule has 1 aliphatic rings. The molecule has 0 saturated carbocycles. The topological polar surface area (TPSA) is 128 Å². The van der Waals surface area contributed by atoms with E-state index in [2.05, 4.69) is 5.09 Å². The van der Waals surface area contributed by atoms with Gasteiger partial charge in [-0.3, -0.25) is 18.9 Å². The van der Waals surface area contributed by atoms with E-state index in [0.29, 0.717) is 0 Å². The summed E-state index contributed by atoms with van der Waals surface area (Å²) in [7, 11) is -2.61. The predicted octanol–water partition coefficient (Wildman–Crippen LogP) is 3.27. The zero-order valence-corrected chi connectivity index (χ0v) is 19.0. The minimum Gasteiger partial charge on any atom is -0.507 e. The number of hydrogen-bond acceptors (Lipinski definition) is 8. The number of phenolic OH excluding ortho intramolecular Hbond substituents is 1. The van der Waals surface area contributed by atoms with Crippen LogP contribution in [0.2, 0.25) is 0 Å². The largest absolute Gasteiger partial charge is 0.507 e. The molecule has 1 unspecified atom stereocenters. The predicted molar refractivity (Wildman–Crippen MR) is 115 cm³/mol. The third-order valence-electron chi connectivity index (χ3n) is 4.66. The quantitative estimate of drug-likeness (QED) is 0.384. The molecule has 0 aliphatic heterocycles. The highest BCUT2D eigenvalue weighted by molar-refractivity contribution is 7.57. The van der Waals surface area contributed by atoms with Gasteiger partial charge in [0, 0.05) is 18.2 Å². The first-order valence-electron chi connectivity index (χ1n) is 9.88. The molecule has 0 saturated heterocycles. The molecule has 2 N–H and O–H groups in total. The lowest BCUT2D eigenvalue weighted by atomic mass is 9.83. The molecule has 2 aromatic rings. The molecule has 0 spiro atoms. The van der Waals surface area contributed by atoms with Gasteiger partial charge in [-0.25, -0.2) is 5.09 Å². The summed E-state index contributed by atoms with van der Waals surface area (Å²) in [5.74, 6) is -2.33. The minimum atomic E-state index is -3.91. The van der Waals surface area contributed by atoms with Gasteiger partial charge in [0.25, 0.3) is 0 Å². The normalized spacial score (nSPS) is 15.5. The van der Waals surface area contributed by atoms with E-state index in [-0.39, 0.29) is 34.1 Å². The van der Waals surface area contributed by atoms with Crippen LogP contribution in [0.4, 0.5) is 0 Å². The van der Waals surface area contributed by atoms with Crippen LogP contribution in [-0.2, 0) is 18.8 Å². The van der Waals surface area contributed by atoms with Crippen LogP contribution in [-0.4, -0.2) is 48.2 Å². The summed E-state index contributed by atoms with van der Waals surface area (Å²) in [5, 5.41) is 12.9. The van der Waals surface area contributed by atoms with Crippen LogP contribution in [0.5, 0.6) is 11.5 Å². The number of phenols is 1. The van der Waals surface area contributed by atoms with E-state index >= 15 is 0 Å². The summed E-state index contributed by atoms with van der Waals surface area (Å²) >= 11 is 0. The summed E-state index contributed by atoms with van der Waals surface area (Å²) in [6.07, 6.45) is -0.803. The number of aromatic hydroxyl groups is 1. The number of carbonyl (C=O) groups is 3. The van der Waals surface area contributed by atoms with Gasteiger partial charge in [0.05, 0.1) is 17.2 Å². The third kappa shape index (κ3) is 4.60. The number of nitrogens with one attached hydrogen (secondary N) is 1. The molecule has 0 aromatic heterocycles. The molecule has 2 aromatic carbocycles. The molecule has 0 radical (unpaired) electrons. The van der Waals surface area contributed by atoms with Gasteiger partial charge in [-0.05, 0) is 32.9 Å². The summed E-state index contributed by atoms with van der Waals surface area (Å²) in [5.41, 5.74) is -0.142. The molecule has 170 valence electrons. The lowest BCUT2D eigenvalue weighted by Gasteiger charge is -2.26. The minimum absolute atomic E-state index is 0.142. The van der Waals surface area contributed by atoms with Crippen LogP contribution in [0.3, 0.4) is 0 Å². The van der Waals surface area contributed by atoms with E-state index in [1.54, 1.807) is 26.0 Å². The van der Waals surface area contributed by atoms with Crippen molar-refractivity contribution in [2.24, 2.45) is 0 Å². The van der Waals surface area contributed by atoms with Crippen molar-refractivity contribution in [3.8, 4) is 11.5 Å². The molecular formula is C22H24NO8P. The first kappa shape index (κ1) is 23.7. The average Bonchev–Trinajstić information content (AvgIpc) is 2.72. The van der Waals surface area contributed by atoms with Crippen LogP contribution < -0.4 is 9.61 Å². The van der Waals surface area contributed by atoms with Crippen molar-refractivity contribution in [3.63, 3.8) is 0 Å². The average molecular weight is 461 g/mol. The van der Waals surface area contributed by atoms with Crippen LogP contribution >= 0.6 is 7.52 Å². The fourth-order valence-corrected chi connectivity index (χ4v) is 5.04. The maximum Gasteiger partial charge on any atom is 0.342 e. The second-order valence-electron chi connectivity index (χ2n) is 7.56. The number of esters is 1. The zero-order chi connectivity index (χ0) is 23.6. The first-order chi connectivity index (χ1) is 15.1. The van der Waals surface area contributed by atoms with Crippen LogP contribution in [0.15, 0.2) is 36.4 Å². The molecule has 1 aliphatic carbocycles. The second-order valence-corrected chi connectivity index (χ2v) is 9.60. The Hall–Kier alpha value is -3.00. The highest BCUT2D eigenvalue weighted by Gasteiger charge is 2.38. The van der Waals surface area contributed by atoms with Crippen molar-refractivity contribution in [2.75, 3.05) is 13.5 Å². The fraction of sp³-hybridized carbons (Fsp3) is 0.318. The number of ketones is 2. The van der Waals surface area contributed by atoms with E-state index in [4.69, 9.17) is 14.0 Å². The number of carbonyl (C=O) groups excluding carboxylic acids is 3. The van der Waals surface area contributed by atoms with Crippen molar-refractivity contribution in [2.45, 2.75) is 32.9 Å². The van der Waals surface area contributed by atoms with Crippen LogP contribution in [0, 0.1) is 0 Å². The summed E-state index contributed by atoms with van der Waals surface area (Å²) in [6.45, 7) is 4.81. The fourth-order valence-electron chi connectivity index (χ4n) is 3.35. The van der Waals surface area contributed by atoms with Crippen molar-refractivity contribution in [3.05, 3.63) is 58.7 Å². The number of hydrogen-bond donors (Lipinski definition) is 2. The van der Waals surface area contributed by atoms with E-state index < -0.39 is 43.2 Å². The Kier molecular flexibility index (Phi) is 6.83. The number of fused-ring (bicyclic) bond motifs is 2. The Morgan fingerprint density at radius 3 is 2.19 bits per heavy atom. The zero-order valence-electron chi connectivity index (χ0n) is 18.1. The second kappa shape index (κ2) is 9.24. The Balaban J connectivity index is 2.01. The maximum absolute atomic E-state index is 13.5. The summed E-state index contributed by atoms with van der Waals surface area (Å²) in [6, 6.07) is 7.62. The van der Waals surface area contributed by atoms with Gasteiger partial charge in [0.15, 0.2) is 11.6 Å². The number of benzene rings is 2. The van der Waals surface area contributed by atoms with Crippen molar-refractivity contribution in [1.82, 2.24) is 5.09 Å². The van der Waals surface area contributed by atoms with Crippen molar-refractivity contribution >= 4 is 25.1 Å². The SMILES string of the molecule is COCP(=O)(N[C@@H](C)C(=O)OC(C)C)Oc1ccc(O)c2c1C(=O)c1ccccc1C2=O. The monoisotopic (exact) mass is 461 g/mol.